The molecule has 5 nitrogen and oxygen atoms in total. The first-order valence-electron chi connectivity index (χ1n) is 3.69. The summed E-state index contributed by atoms with van der Waals surface area (Å²) in [5, 5.41) is 10.7. The minimum Gasteiger partial charge on any atom is -0.490 e. The largest absolute Gasteiger partial charge is 0.490 e. The minimum absolute atomic E-state index is 0.0180. The Bertz CT molecular complexity index is 392. The van der Waals surface area contributed by atoms with Crippen molar-refractivity contribution in [2.24, 2.45) is 5.73 Å². The molecule has 6 heteroatoms. The average Bonchev–Trinajstić information content (AvgIpc) is 2.16. The van der Waals surface area contributed by atoms with Crippen LogP contribution in [0.2, 0.25) is 0 Å². The Hall–Kier alpha value is -1.69. The Labute approximate surface area is 85.6 Å². The van der Waals surface area contributed by atoms with Gasteiger partial charge in [-0.15, -0.1) is 0 Å². The smallest absolute Gasteiger partial charge is 0.321 e. The maximum absolute atomic E-state index is 10.7. The predicted octanol–water partition coefficient (Wildman–Crippen LogP) is 1.24. The van der Waals surface area contributed by atoms with Gasteiger partial charge >= 0.3 is 5.69 Å². The first-order chi connectivity index (χ1) is 6.57. The summed E-state index contributed by atoms with van der Waals surface area (Å²) in [6, 6.07) is 4.57. The number of ether oxygens (including phenoxy) is 1. The van der Waals surface area contributed by atoms with E-state index in [1.807, 2.05) is 0 Å². The first kappa shape index (κ1) is 10.4. The summed E-state index contributed by atoms with van der Waals surface area (Å²) in [6.45, 7) is 0. The van der Waals surface area contributed by atoms with E-state index in [0.717, 1.165) is 0 Å². The van der Waals surface area contributed by atoms with Crippen molar-refractivity contribution < 1.29 is 9.66 Å². The fraction of sp³-hybridized carbons (Fsp3) is 0.125. The fourth-order valence-corrected chi connectivity index (χ4v) is 1.24. The number of rotatable bonds is 3. The van der Waals surface area contributed by atoms with Gasteiger partial charge in [-0.25, -0.2) is 0 Å². The Balaban J connectivity index is 3.43. The molecule has 0 saturated carbocycles. The van der Waals surface area contributed by atoms with Gasteiger partial charge in [0.2, 0.25) is 0 Å². The summed E-state index contributed by atoms with van der Waals surface area (Å²) in [4.78, 5) is 10.1. The molecule has 0 aromatic heterocycles. The molecule has 0 amide bonds. The molecule has 2 N–H and O–H groups in total. The van der Waals surface area contributed by atoms with Gasteiger partial charge in [0.25, 0.3) is 0 Å². The lowest BCUT2D eigenvalue weighted by molar-refractivity contribution is -0.385. The number of nitrogens with two attached hydrogens (primary N) is 1. The van der Waals surface area contributed by atoms with Gasteiger partial charge in [-0.1, -0.05) is 18.3 Å². The predicted molar refractivity (Wildman–Crippen MR) is 55.5 cm³/mol. The number of nitro benzene ring substituents is 1. The van der Waals surface area contributed by atoms with Crippen molar-refractivity contribution in [2.45, 2.75) is 0 Å². The van der Waals surface area contributed by atoms with Crippen LogP contribution in [0.4, 0.5) is 5.69 Å². The van der Waals surface area contributed by atoms with E-state index in [9.17, 15) is 10.1 Å². The van der Waals surface area contributed by atoms with Crippen LogP contribution >= 0.6 is 12.2 Å². The van der Waals surface area contributed by atoms with Crippen LogP contribution in [0.5, 0.6) is 5.75 Å². The van der Waals surface area contributed by atoms with Gasteiger partial charge in [-0.3, -0.25) is 10.1 Å². The average molecular weight is 212 g/mol. The van der Waals surface area contributed by atoms with E-state index in [4.69, 9.17) is 22.7 Å². The van der Waals surface area contributed by atoms with Gasteiger partial charge in [0.05, 0.1) is 17.6 Å². The van der Waals surface area contributed by atoms with Crippen molar-refractivity contribution in [3.63, 3.8) is 0 Å². The van der Waals surface area contributed by atoms with Crippen LogP contribution in [0, 0.1) is 10.1 Å². The maximum atomic E-state index is 10.7. The summed E-state index contributed by atoms with van der Waals surface area (Å²) >= 11 is 4.69. The molecule has 0 spiro atoms. The molecule has 0 bridgehead atoms. The SMILES string of the molecule is COc1cccc(C(N)=S)c1[N+](=O)[O-]. The zero-order chi connectivity index (χ0) is 10.7. The fourth-order valence-electron chi connectivity index (χ4n) is 1.07. The van der Waals surface area contributed by atoms with Crippen LogP contribution in [0.25, 0.3) is 0 Å². The third-order valence-corrected chi connectivity index (χ3v) is 1.89. The van der Waals surface area contributed by atoms with Crippen LogP contribution < -0.4 is 10.5 Å². The molecule has 0 saturated heterocycles. The van der Waals surface area contributed by atoms with Crippen LogP contribution in [0.1, 0.15) is 5.56 Å². The molecule has 0 radical (unpaired) electrons. The molecule has 1 rings (SSSR count). The van der Waals surface area contributed by atoms with E-state index in [-0.39, 0.29) is 22.0 Å². The van der Waals surface area contributed by atoms with Gasteiger partial charge in [-0.2, -0.15) is 0 Å². The van der Waals surface area contributed by atoms with Crippen molar-refractivity contribution in [3.8, 4) is 5.75 Å². The van der Waals surface area contributed by atoms with Gasteiger partial charge in [0.15, 0.2) is 5.75 Å². The Morgan fingerprint density at radius 1 is 1.64 bits per heavy atom. The maximum Gasteiger partial charge on any atom is 0.321 e. The number of benzene rings is 1. The van der Waals surface area contributed by atoms with Crippen molar-refractivity contribution in [2.75, 3.05) is 7.11 Å². The summed E-state index contributed by atoms with van der Waals surface area (Å²) < 4.78 is 4.84. The van der Waals surface area contributed by atoms with E-state index in [2.05, 4.69) is 0 Å². The van der Waals surface area contributed by atoms with Crippen LogP contribution in [-0.2, 0) is 0 Å². The molecule has 74 valence electrons. The van der Waals surface area contributed by atoms with Crippen molar-refractivity contribution in [1.82, 2.24) is 0 Å². The number of hydrogen-bond donors (Lipinski definition) is 1. The van der Waals surface area contributed by atoms with Crippen LogP contribution in [0.15, 0.2) is 18.2 Å². The molecule has 0 aliphatic carbocycles. The summed E-state index contributed by atoms with van der Waals surface area (Å²) in [7, 11) is 1.35. The standard InChI is InChI=1S/C8H8N2O3S/c1-13-6-4-2-3-5(8(9)14)7(6)10(11)12/h2-4H,1H3,(H2,9,14). The van der Waals surface area contributed by atoms with E-state index >= 15 is 0 Å². The highest BCUT2D eigenvalue weighted by Gasteiger charge is 2.21. The summed E-state index contributed by atoms with van der Waals surface area (Å²) in [5.74, 6) is 0.153. The monoisotopic (exact) mass is 212 g/mol. The second-order valence-corrected chi connectivity index (χ2v) is 2.92. The first-order valence-corrected chi connectivity index (χ1v) is 4.10. The Morgan fingerprint density at radius 2 is 2.29 bits per heavy atom. The lowest BCUT2D eigenvalue weighted by atomic mass is 10.1. The molecular formula is C8H8N2O3S. The lowest BCUT2D eigenvalue weighted by Crippen LogP contribution is -2.12. The number of methoxy groups -OCH3 is 1. The second-order valence-electron chi connectivity index (χ2n) is 2.48. The van der Waals surface area contributed by atoms with Crippen molar-refractivity contribution >= 4 is 22.9 Å². The third kappa shape index (κ3) is 1.80. The van der Waals surface area contributed by atoms with E-state index < -0.39 is 4.92 Å². The zero-order valence-corrected chi connectivity index (χ0v) is 8.21. The second kappa shape index (κ2) is 4.01. The van der Waals surface area contributed by atoms with Crippen molar-refractivity contribution in [3.05, 3.63) is 33.9 Å². The number of thiocarbonyl (C=S) groups is 1. The number of para-hydroxylation sites is 1. The highest BCUT2D eigenvalue weighted by molar-refractivity contribution is 7.80. The highest BCUT2D eigenvalue weighted by Crippen LogP contribution is 2.30. The molecular weight excluding hydrogens is 204 g/mol. The Kier molecular flexibility index (Phi) is 2.98. The highest BCUT2D eigenvalue weighted by atomic mass is 32.1. The van der Waals surface area contributed by atoms with Gasteiger partial charge in [0.1, 0.15) is 4.99 Å². The molecule has 1 aromatic rings. The van der Waals surface area contributed by atoms with E-state index in [1.54, 1.807) is 6.07 Å². The minimum atomic E-state index is -0.562. The van der Waals surface area contributed by atoms with E-state index in [1.165, 1.54) is 19.2 Å². The molecule has 0 aliphatic heterocycles. The summed E-state index contributed by atoms with van der Waals surface area (Å²) in [5.41, 5.74) is 5.37. The number of nitrogens with zero attached hydrogens (tertiary/aromatic N) is 1. The van der Waals surface area contributed by atoms with Gasteiger partial charge < -0.3 is 10.5 Å². The number of hydrogen-bond acceptors (Lipinski definition) is 4. The molecule has 0 unspecified atom stereocenters. The third-order valence-electron chi connectivity index (χ3n) is 1.67. The number of nitro groups is 1. The molecule has 0 atom stereocenters. The topological polar surface area (TPSA) is 78.4 Å². The molecule has 0 aliphatic rings. The van der Waals surface area contributed by atoms with Crippen molar-refractivity contribution in [1.29, 1.82) is 0 Å². The zero-order valence-electron chi connectivity index (χ0n) is 7.39. The normalized spacial score (nSPS) is 9.50. The molecule has 0 fully saturated rings. The van der Waals surface area contributed by atoms with Gasteiger partial charge in [-0.05, 0) is 12.1 Å². The summed E-state index contributed by atoms with van der Waals surface area (Å²) in [6.07, 6.45) is 0. The Morgan fingerprint density at radius 3 is 2.71 bits per heavy atom. The lowest BCUT2D eigenvalue weighted by Gasteiger charge is -2.04. The van der Waals surface area contributed by atoms with Crippen LogP contribution in [0.3, 0.4) is 0 Å². The molecule has 14 heavy (non-hydrogen) atoms. The quantitative estimate of drug-likeness (QED) is 0.463. The van der Waals surface area contributed by atoms with Gasteiger partial charge in [0, 0.05) is 0 Å². The molecule has 0 heterocycles. The van der Waals surface area contributed by atoms with Crippen LogP contribution in [-0.4, -0.2) is 17.0 Å². The van der Waals surface area contributed by atoms with E-state index in [0.29, 0.717) is 0 Å². The molecule has 1 aromatic carbocycles.